The molecule has 1 aromatic rings. The first-order valence-corrected chi connectivity index (χ1v) is 9.32. The van der Waals surface area contributed by atoms with Gasteiger partial charge in [0.05, 0.1) is 18.6 Å². The molecule has 1 saturated carbocycles. The van der Waals surface area contributed by atoms with Gasteiger partial charge in [-0.3, -0.25) is 9.59 Å². The number of benzene rings is 1. The summed E-state index contributed by atoms with van der Waals surface area (Å²) in [5.41, 5.74) is 2.66. The lowest BCUT2D eigenvalue weighted by atomic mass is 9.84. The zero-order valence-electron chi connectivity index (χ0n) is 16.1. The summed E-state index contributed by atoms with van der Waals surface area (Å²) in [5, 5.41) is 9.00. The van der Waals surface area contributed by atoms with E-state index >= 15 is 0 Å². The van der Waals surface area contributed by atoms with Gasteiger partial charge in [0.2, 0.25) is 11.8 Å². The predicted molar refractivity (Wildman–Crippen MR) is 103 cm³/mol. The molecule has 0 unspecified atom stereocenters. The van der Waals surface area contributed by atoms with Gasteiger partial charge >= 0.3 is 0 Å². The number of carbonyl (C=O) groups is 2. The summed E-state index contributed by atoms with van der Waals surface area (Å²) in [7, 11) is 1.62. The predicted octanol–water partition coefficient (Wildman–Crippen LogP) is 2.15. The Morgan fingerprint density at radius 3 is 2.54 bits per heavy atom. The van der Waals surface area contributed by atoms with Gasteiger partial charge in [-0.2, -0.15) is 0 Å². The second-order valence-corrected chi connectivity index (χ2v) is 7.19. The van der Waals surface area contributed by atoms with Crippen LogP contribution in [-0.2, 0) is 14.3 Å². The van der Waals surface area contributed by atoms with Crippen LogP contribution >= 0.6 is 0 Å². The molecule has 1 aliphatic carbocycles. The van der Waals surface area contributed by atoms with Gasteiger partial charge in [0.25, 0.3) is 0 Å². The van der Waals surface area contributed by atoms with Crippen LogP contribution in [0, 0.1) is 19.3 Å². The van der Waals surface area contributed by atoms with Crippen LogP contribution in [-0.4, -0.2) is 45.2 Å². The summed E-state index contributed by atoms with van der Waals surface area (Å²) in [6.07, 6.45) is 3.65. The Hall–Kier alpha value is -1.92. The fourth-order valence-electron chi connectivity index (χ4n) is 3.33. The van der Waals surface area contributed by atoms with Crippen LogP contribution in [0.15, 0.2) is 18.2 Å². The number of methoxy groups -OCH3 is 1. The molecule has 0 heterocycles. The molecule has 6 heteroatoms. The van der Waals surface area contributed by atoms with E-state index in [9.17, 15) is 9.59 Å². The van der Waals surface area contributed by atoms with Crippen molar-refractivity contribution in [2.24, 2.45) is 5.41 Å². The first-order chi connectivity index (χ1) is 12.5. The molecule has 6 nitrogen and oxygen atoms in total. The molecule has 3 N–H and O–H groups in total. The van der Waals surface area contributed by atoms with Gasteiger partial charge in [-0.05, 0) is 49.9 Å². The third kappa shape index (κ3) is 5.54. The number of rotatable bonds is 9. The normalized spacial score (nSPS) is 15.7. The molecule has 0 radical (unpaired) electrons. The van der Waals surface area contributed by atoms with Gasteiger partial charge in [0.15, 0.2) is 0 Å². The van der Waals surface area contributed by atoms with Crippen molar-refractivity contribution in [3.8, 4) is 0 Å². The van der Waals surface area contributed by atoms with Crippen molar-refractivity contribution in [3.63, 3.8) is 0 Å². The Morgan fingerprint density at radius 2 is 1.88 bits per heavy atom. The fourth-order valence-corrected chi connectivity index (χ4v) is 3.33. The lowest BCUT2D eigenvalue weighted by Crippen LogP contribution is -2.46. The van der Waals surface area contributed by atoms with Gasteiger partial charge in [-0.25, -0.2) is 0 Å². The molecule has 0 saturated heterocycles. The Balaban J connectivity index is 1.92. The van der Waals surface area contributed by atoms with E-state index in [0.29, 0.717) is 19.7 Å². The minimum atomic E-state index is -0.513. The maximum atomic E-state index is 13.0. The van der Waals surface area contributed by atoms with E-state index < -0.39 is 5.41 Å². The first kappa shape index (κ1) is 20.4. The van der Waals surface area contributed by atoms with Gasteiger partial charge in [-0.1, -0.05) is 18.9 Å². The monoisotopic (exact) mass is 361 g/mol. The number of nitrogens with one attached hydrogen (secondary N) is 3. The molecular formula is C20H31N3O3. The van der Waals surface area contributed by atoms with Crippen molar-refractivity contribution in [1.82, 2.24) is 10.6 Å². The minimum absolute atomic E-state index is 0.00546. The van der Waals surface area contributed by atoms with Crippen LogP contribution in [0.1, 0.15) is 36.8 Å². The highest BCUT2D eigenvalue weighted by Crippen LogP contribution is 2.38. The van der Waals surface area contributed by atoms with E-state index in [0.717, 1.165) is 36.9 Å². The van der Waals surface area contributed by atoms with Gasteiger partial charge in [0, 0.05) is 25.9 Å². The van der Waals surface area contributed by atoms with Crippen LogP contribution in [0.3, 0.4) is 0 Å². The van der Waals surface area contributed by atoms with Crippen molar-refractivity contribution < 1.29 is 14.3 Å². The molecule has 0 aliphatic heterocycles. The Morgan fingerprint density at radius 1 is 1.15 bits per heavy atom. The third-order valence-corrected chi connectivity index (χ3v) is 5.20. The van der Waals surface area contributed by atoms with E-state index in [-0.39, 0.29) is 18.4 Å². The number of aryl methyl sites for hydroxylation is 2. The standard InChI is InChI=1S/C20H31N3O3/c1-15-6-7-17(12-16(15)2)23-19(25)20(8-4-5-9-20)14-22-18(24)13-21-10-11-26-3/h6-7,12,21H,4-5,8-11,13-14H2,1-3H3,(H,22,24)(H,23,25). The van der Waals surface area contributed by atoms with E-state index in [1.54, 1.807) is 7.11 Å². The molecule has 0 atom stereocenters. The maximum absolute atomic E-state index is 13.0. The fraction of sp³-hybridized carbons (Fsp3) is 0.600. The number of carbonyl (C=O) groups excluding carboxylic acids is 2. The zero-order valence-corrected chi connectivity index (χ0v) is 16.1. The lowest BCUT2D eigenvalue weighted by molar-refractivity contribution is -0.126. The number of hydrogen-bond donors (Lipinski definition) is 3. The second-order valence-electron chi connectivity index (χ2n) is 7.19. The summed E-state index contributed by atoms with van der Waals surface area (Å²) >= 11 is 0. The highest BCUT2D eigenvalue weighted by atomic mass is 16.5. The zero-order chi connectivity index (χ0) is 19.0. The van der Waals surface area contributed by atoms with Crippen molar-refractivity contribution in [1.29, 1.82) is 0 Å². The molecule has 1 aliphatic rings. The molecule has 2 amide bonds. The Bertz CT molecular complexity index is 625. The van der Waals surface area contributed by atoms with Gasteiger partial charge < -0.3 is 20.7 Å². The number of amides is 2. The van der Waals surface area contributed by atoms with E-state index in [1.165, 1.54) is 5.56 Å². The second kappa shape index (κ2) is 9.69. The SMILES string of the molecule is COCCNCC(=O)NCC1(C(=O)Nc2ccc(C)c(C)c2)CCCC1. The third-order valence-electron chi connectivity index (χ3n) is 5.20. The summed E-state index contributed by atoms with van der Waals surface area (Å²) < 4.78 is 4.94. The number of hydrogen-bond acceptors (Lipinski definition) is 4. The van der Waals surface area contributed by atoms with Gasteiger partial charge in [0.1, 0.15) is 0 Å². The van der Waals surface area contributed by atoms with E-state index in [2.05, 4.69) is 22.9 Å². The van der Waals surface area contributed by atoms with Crippen LogP contribution in [0.25, 0.3) is 0 Å². The van der Waals surface area contributed by atoms with Crippen LogP contribution in [0.2, 0.25) is 0 Å². The Kier molecular flexibility index (Phi) is 7.60. The average Bonchev–Trinajstić information content (AvgIpc) is 3.10. The lowest BCUT2D eigenvalue weighted by Gasteiger charge is -2.28. The quantitative estimate of drug-likeness (QED) is 0.589. The number of anilines is 1. The molecule has 0 bridgehead atoms. The Labute approximate surface area is 156 Å². The van der Waals surface area contributed by atoms with Crippen molar-refractivity contribution >= 4 is 17.5 Å². The molecule has 0 spiro atoms. The summed E-state index contributed by atoms with van der Waals surface area (Å²) in [6.45, 7) is 5.90. The molecule has 26 heavy (non-hydrogen) atoms. The summed E-state index contributed by atoms with van der Waals surface area (Å²) in [5.74, 6) is -0.0859. The van der Waals surface area contributed by atoms with Crippen LogP contribution < -0.4 is 16.0 Å². The topological polar surface area (TPSA) is 79.5 Å². The largest absolute Gasteiger partial charge is 0.383 e. The van der Waals surface area contributed by atoms with E-state index in [1.807, 2.05) is 25.1 Å². The minimum Gasteiger partial charge on any atom is -0.383 e. The summed E-state index contributed by atoms with van der Waals surface area (Å²) in [4.78, 5) is 25.0. The van der Waals surface area contributed by atoms with Gasteiger partial charge in [-0.15, -0.1) is 0 Å². The summed E-state index contributed by atoms with van der Waals surface area (Å²) in [6, 6.07) is 5.94. The number of ether oxygens (including phenoxy) is 1. The maximum Gasteiger partial charge on any atom is 0.233 e. The molecular weight excluding hydrogens is 330 g/mol. The van der Waals surface area contributed by atoms with Crippen molar-refractivity contribution in [2.45, 2.75) is 39.5 Å². The molecule has 1 fully saturated rings. The van der Waals surface area contributed by atoms with Crippen molar-refractivity contribution in [3.05, 3.63) is 29.3 Å². The highest BCUT2D eigenvalue weighted by molar-refractivity contribution is 5.96. The highest BCUT2D eigenvalue weighted by Gasteiger charge is 2.41. The van der Waals surface area contributed by atoms with Crippen LogP contribution in [0.4, 0.5) is 5.69 Å². The smallest absolute Gasteiger partial charge is 0.233 e. The molecule has 2 rings (SSSR count). The average molecular weight is 361 g/mol. The molecule has 144 valence electrons. The van der Waals surface area contributed by atoms with Crippen molar-refractivity contribution in [2.75, 3.05) is 38.7 Å². The molecule has 0 aromatic heterocycles. The van der Waals surface area contributed by atoms with E-state index in [4.69, 9.17) is 4.74 Å². The first-order valence-electron chi connectivity index (χ1n) is 9.32. The van der Waals surface area contributed by atoms with Crippen LogP contribution in [0.5, 0.6) is 0 Å². The molecule has 1 aromatic carbocycles.